The van der Waals surface area contributed by atoms with Gasteiger partial charge >= 0.3 is 5.97 Å². The number of carboxylic acids is 1. The number of halogens is 8. The quantitative estimate of drug-likeness (QED) is 0.0642. The number of hydrogen-bond acceptors (Lipinski definition) is 19. The van der Waals surface area contributed by atoms with Crippen LogP contribution in [0.5, 0.6) is 0 Å². The first kappa shape index (κ1) is 95.1. The number of carboxylic acid groups (broad SMARTS) is 1. The van der Waals surface area contributed by atoms with E-state index in [9.17, 15) is 14.7 Å². The molecule has 1 amide bonds. The number of aryl methyl sites for hydroxylation is 1. The van der Waals surface area contributed by atoms with Crippen LogP contribution in [0.2, 0.25) is 40.2 Å². The molecule has 18 rings (SSSR count). The van der Waals surface area contributed by atoms with Gasteiger partial charge in [-0.05, 0) is 98.5 Å². The second-order valence-electron chi connectivity index (χ2n) is 24.8. The molecular formula is C81H92Cl8N20O3S4. The summed E-state index contributed by atoms with van der Waals surface area (Å²) < 4.78 is 9.40. The van der Waals surface area contributed by atoms with Crippen molar-refractivity contribution in [2.45, 2.75) is 111 Å². The highest BCUT2D eigenvalue weighted by atomic mass is 35.5. The number of hydrogen-bond donors (Lipinski definition) is 10. The number of nitrogens with one attached hydrogen (secondary N) is 6. The van der Waals surface area contributed by atoms with Gasteiger partial charge < -0.3 is 58.4 Å². The van der Waals surface area contributed by atoms with Crippen molar-refractivity contribution in [2.75, 3.05) is 43.8 Å². The van der Waals surface area contributed by atoms with Crippen molar-refractivity contribution in [3.8, 4) is 0 Å². The molecule has 4 unspecified atom stereocenters. The molecule has 0 saturated carbocycles. The molecule has 4 atom stereocenters. The van der Waals surface area contributed by atoms with Gasteiger partial charge in [0.25, 0.3) is 5.91 Å². The zero-order valence-electron chi connectivity index (χ0n) is 57.0. The molecule has 4 aliphatic rings. The van der Waals surface area contributed by atoms with Gasteiger partial charge in [-0.2, -0.15) is 20.4 Å². The monoisotopic (exact) mass is 1800 g/mol. The second-order valence-corrected chi connectivity index (χ2v) is 31.0. The number of amides is 1. The molecule has 0 radical (unpaired) electrons. The van der Waals surface area contributed by atoms with E-state index in [1.165, 1.54) is 22.7 Å². The lowest BCUT2D eigenvalue weighted by atomic mass is 9.95. The minimum Gasteiger partial charge on any atom is -0.478 e. The molecule has 4 aromatic carbocycles. The average Bonchev–Trinajstić information content (AvgIpc) is 1.51. The number of allylic oxidation sites excluding steroid dienone is 6. The predicted octanol–water partition coefficient (Wildman–Crippen LogP) is 25.5. The fourth-order valence-corrected chi connectivity index (χ4v) is 16.9. The number of rotatable bonds is 9. The number of H-pyrrole nitrogens is 1. The number of nitrogens with zero attached hydrogens (tertiary/aromatic N) is 11. The van der Waals surface area contributed by atoms with Crippen LogP contribution >= 0.6 is 138 Å². The summed E-state index contributed by atoms with van der Waals surface area (Å²) in [5.74, 6) is 3.85. The minimum atomic E-state index is -1.00. The van der Waals surface area contributed by atoms with E-state index >= 15 is 0 Å². The zero-order chi connectivity index (χ0) is 76.1. The maximum atomic E-state index is 13.1. The van der Waals surface area contributed by atoms with Crippen LogP contribution in [0.3, 0.4) is 0 Å². The average molecular weight is 1810 g/mol. The third kappa shape index (κ3) is 18.9. The number of aliphatic carboxylic acids is 1. The summed E-state index contributed by atoms with van der Waals surface area (Å²) >= 11 is 55.4. The van der Waals surface area contributed by atoms with E-state index in [2.05, 4.69) is 79.6 Å². The number of nitrogens with two attached hydrogens (primary N) is 3. The number of thiophene rings is 4. The first-order chi connectivity index (χ1) is 51.9. The molecule has 116 heavy (non-hydrogen) atoms. The summed E-state index contributed by atoms with van der Waals surface area (Å²) in [4.78, 5) is 37.9. The van der Waals surface area contributed by atoms with Crippen molar-refractivity contribution in [1.29, 1.82) is 0 Å². The van der Waals surface area contributed by atoms with Crippen LogP contribution < -0.4 is 43.8 Å². The number of fused-ring (bicyclic) bond motifs is 6. The van der Waals surface area contributed by atoms with Crippen molar-refractivity contribution in [1.82, 2.24) is 58.6 Å². The van der Waals surface area contributed by atoms with Crippen molar-refractivity contribution >= 4 is 229 Å². The summed E-state index contributed by atoms with van der Waals surface area (Å²) in [5.41, 5.74) is 32.9. The Kier molecular flexibility index (Phi) is 32.8. The Morgan fingerprint density at radius 2 is 0.784 bits per heavy atom. The van der Waals surface area contributed by atoms with Gasteiger partial charge in [0.2, 0.25) is 0 Å². The van der Waals surface area contributed by atoms with Gasteiger partial charge in [0.1, 0.15) is 59.1 Å². The Labute approximate surface area is 731 Å². The lowest BCUT2D eigenvalue weighted by Crippen LogP contribution is -2.31. The number of nitrogen functional groups attached to an aromatic ring is 3. The Bertz CT molecular complexity index is 5900. The highest BCUT2D eigenvalue weighted by Crippen LogP contribution is 2.46. The van der Waals surface area contributed by atoms with Gasteiger partial charge in [0, 0.05) is 108 Å². The first-order valence-electron chi connectivity index (χ1n) is 32.5. The number of carbonyl (C=O) groups excluding carboxylic acids is 1. The Balaban J connectivity index is 0.000000229. The second kappa shape index (κ2) is 40.0. The molecule has 14 aromatic rings. The molecule has 0 saturated heterocycles. The standard InChI is InChI=1S/C19H15Cl2N5S.C18H15Cl2N5OS.C18H13Cl2N5S.C14H11Cl2N3O2.C4H6N2S.8CH4/c1-10-17(19-24-14-8-27-9-15(14)25(19)2)18(26-16(23-10)5-6-22-26)11-3-4-12(20)13(21)7-11;1-9-16(18(26)24-14-8-27-7-13(14)21)17(25-15(23-9)4-5-22-25)10-2-3-11(19)12(20)6-10;1-9-16(18-23-13-7-26-8-14(13)24-18)17(25-15(22-9)4-5-21-25)10-2-3-11(19)12(20)6-10;1-7-12(14(20)21)13(19-11(18-7)4-5-17-19)8-2-3-9(15)10(16)6-8;5-3-1-7-2-4(3)6;;;;;;;;/h3-9,18,23H,1-2H3;2-8,17,23H,21H2,1H3,(H,24,26);2-8,17,22H,1H3,(H,23,24);2-6,13,18H,1H3,(H,20,21);1-2H,5-6H2;8*1H4. The van der Waals surface area contributed by atoms with Gasteiger partial charge in [0.05, 0.1) is 121 Å². The number of benzene rings is 4. The smallest absolute Gasteiger partial charge is 0.335 e. The summed E-state index contributed by atoms with van der Waals surface area (Å²) in [7, 11) is 2.04. The van der Waals surface area contributed by atoms with Crippen LogP contribution in [0.1, 0.15) is 145 Å². The third-order valence-corrected chi connectivity index (χ3v) is 23.9. The SMILES string of the molecule is C.C.C.C.C.C.C.C.CC1=C(C(=O)Nc2cscc2N)C(c2ccc(Cl)c(Cl)c2)n2nccc2N1.CC1=C(C(=O)O)C(c2ccc(Cl)c(Cl)c2)n2nccc2N1.CC1=C(c2nc3cscc3[nH]2)C(c2ccc(Cl)c(Cl)c2)n2nccc2N1.CC1=C(c2nc3cscc3n2C)C(c2ccc(Cl)c(Cl)c2)n2nccc2N1.Nc1cscc1N. The molecule has 0 spiro atoms. The number of aromatic nitrogens is 12. The normalized spacial score (nSPS) is 15.1. The third-order valence-electron chi connectivity index (χ3n) is 18.0. The van der Waals surface area contributed by atoms with E-state index in [1.807, 2.05) is 107 Å². The summed E-state index contributed by atoms with van der Waals surface area (Å²) in [5, 5.41) is 62.5. The Morgan fingerprint density at radius 1 is 0.422 bits per heavy atom. The van der Waals surface area contributed by atoms with Crippen LogP contribution in [0, 0.1) is 0 Å². The van der Waals surface area contributed by atoms with Crippen LogP contribution in [-0.4, -0.2) is 75.6 Å². The first-order valence-corrected chi connectivity index (χ1v) is 39.3. The van der Waals surface area contributed by atoms with Crippen LogP contribution in [0.4, 0.5) is 46.0 Å². The van der Waals surface area contributed by atoms with Gasteiger partial charge in [0.15, 0.2) is 0 Å². The van der Waals surface area contributed by atoms with Crippen molar-refractivity contribution in [2.24, 2.45) is 7.05 Å². The van der Waals surface area contributed by atoms with E-state index in [4.69, 9.17) is 120 Å². The fraction of sp³-hybridized carbons (Fsp3) is 0.210. The molecular weight excluding hydrogens is 1710 g/mol. The molecule has 14 heterocycles. The molecule has 614 valence electrons. The van der Waals surface area contributed by atoms with E-state index < -0.39 is 18.1 Å². The van der Waals surface area contributed by atoms with Crippen molar-refractivity contribution in [3.05, 3.63) is 273 Å². The lowest BCUT2D eigenvalue weighted by molar-refractivity contribution is -0.133. The lowest BCUT2D eigenvalue weighted by Gasteiger charge is -2.30. The van der Waals surface area contributed by atoms with E-state index in [1.54, 1.807) is 111 Å². The van der Waals surface area contributed by atoms with Crippen LogP contribution in [0.25, 0.3) is 33.2 Å². The number of carbonyl (C=O) groups is 2. The molecule has 10 aromatic heterocycles. The van der Waals surface area contributed by atoms with E-state index in [0.29, 0.717) is 79.8 Å². The minimum absolute atomic E-state index is 0. The fourth-order valence-electron chi connectivity index (χ4n) is 12.9. The summed E-state index contributed by atoms with van der Waals surface area (Å²) in [6, 6.07) is 28.0. The zero-order valence-corrected chi connectivity index (χ0v) is 66.4. The molecule has 4 aliphatic heterocycles. The Morgan fingerprint density at radius 3 is 1.18 bits per heavy atom. The van der Waals surface area contributed by atoms with Crippen molar-refractivity contribution < 1.29 is 14.7 Å². The maximum absolute atomic E-state index is 13.1. The largest absolute Gasteiger partial charge is 0.478 e. The van der Waals surface area contributed by atoms with Crippen LogP contribution in [0.15, 0.2) is 199 Å². The molecule has 0 aliphatic carbocycles. The van der Waals surface area contributed by atoms with Gasteiger partial charge in [-0.15, -0.1) is 45.3 Å². The summed E-state index contributed by atoms with van der Waals surface area (Å²) in [6.07, 6.45) is 6.87. The van der Waals surface area contributed by atoms with Crippen LogP contribution in [-0.2, 0) is 16.6 Å². The molecule has 13 N–H and O–H groups in total. The topological polar surface area (TPSA) is 310 Å². The van der Waals surface area contributed by atoms with Gasteiger partial charge in [-0.3, -0.25) is 4.79 Å². The van der Waals surface area contributed by atoms with Gasteiger partial charge in [-0.1, -0.05) is 176 Å². The summed E-state index contributed by atoms with van der Waals surface area (Å²) in [6.45, 7) is 7.70. The molecule has 35 heteroatoms. The van der Waals surface area contributed by atoms with Crippen molar-refractivity contribution in [3.63, 3.8) is 0 Å². The predicted molar refractivity (Wildman–Crippen MR) is 497 cm³/mol. The highest BCUT2D eigenvalue weighted by molar-refractivity contribution is 7.10. The van der Waals surface area contributed by atoms with E-state index in [-0.39, 0.29) is 83.0 Å². The molecule has 0 bridgehead atoms. The molecule has 0 fully saturated rings. The Hall–Kier alpha value is -9.72. The number of aromatic amines is 1. The molecule has 23 nitrogen and oxygen atoms in total. The number of imidazole rings is 2. The number of anilines is 8. The van der Waals surface area contributed by atoms with Gasteiger partial charge in [-0.25, -0.2) is 33.5 Å². The maximum Gasteiger partial charge on any atom is 0.335 e. The van der Waals surface area contributed by atoms with E-state index in [0.717, 1.165) is 102 Å². The highest BCUT2D eigenvalue weighted by Gasteiger charge is 2.37.